The number of aromatic nitrogens is 1. The van der Waals surface area contributed by atoms with Gasteiger partial charge in [0.2, 0.25) is 0 Å². The number of halogens is 1. The summed E-state index contributed by atoms with van der Waals surface area (Å²) >= 11 is 3.36. The number of nitrogen functional groups attached to an aromatic ring is 1. The first-order valence-electron chi connectivity index (χ1n) is 9.80. The molecule has 0 aliphatic carbocycles. The third kappa shape index (κ3) is 4.22. The molecule has 1 heterocycles. The van der Waals surface area contributed by atoms with Gasteiger partial charge in [-0.25, -0.2) is 4.79 Å². The Labute approximate surface area is 188 Å². The Morgan fingerprint density at radius 1 is 1.06 bits per heavy atom. The molecule has 1 aromatic heterocycles. The Morgan fingerprint density at radius 2 is 1.81 bits per heavy atom. The smallest absolute Gasteiger partial charge is 0.417 e. The summed E-state index contributed by atoms with van der Waals surface area (Å²) in [5, 5.41) is 3.74. The molecule has 0 fully saturated rings. The lowest BCUT2D eigenvalue weighted by molar-refractivity contribution is 0.215. The minimum atomic E-state index is -0.562. The highest BCUT2D eigenvalue weighted by Crippen LogP contribution is 2.38. The summed E-state index contributed by atoms with van der Waals surface area (Å²) in [6, 6.07) is 20.5. The van der Waals surface area contributed by atoms with Gasteiger partial charge in [-0.05, 0) is 55.5 Å². The molecule has 0 radical (unpaired) electrons. The lowest BCUT2D eigenvalue weighted by atomic mass is 10.1. The van der Waals surface area contributed by atoms with Gasteiger partial charge in [0.25, 0.3) is 0 Å². The Morgan fingerprint density at radius 3 is 2.52 bits per heavy atom. The van der Waals surface area contributed by atoms with Crippen molar-refractivity contribution < 1.29 is 14.3 Å². The molecule has 0 saturated carbocycles. The van der Waals surface area contributed by atoms with E-state index in [1.807, 2.05) is 54.6 Å². The quantitative estimate of drug-likeness (QED) is 0.352. The molecule has 0 atom stereocenters. The summed E-state index contributed by atoms with van der Waals surface area (Å²) in [6.07, 6.45) is -0.562. The molecule has 0 saturated heterocycles. The Bertz CT molecular complexity index is 1250. The van der Waals surface area contributed by atoms with Crippen LogP contribution in [0.15, 0.2) is 71.2 Å². The van der Waals surface area contributed by atoms with E-state index >= 15 is 0 Å². The lowest BCUT2D eigenvalue weighted by Gasteiger charge is -2.12. The van der Waals surface area contributed by atoms with Gasteiger partial charge in [-0.3, -0.25) is 5.32 Å². The summed E-state index contributed by atoms with van der Waals surface area (Å²) in [7, 11) is 1.65. The fraction of sp³-hybridized carbons (Fsp3) is 0.125. The zero-order valence-corrected chi connectivity index (χ0v) is 18.8. The van der Waals surface area contributed by atoms with Gasteiger partial charge in [0.15, 0.2) is 0 Å². The van der Waals surface area contributed by atoms with E-state index < -0.39 is 6.09 Å². The SMILES string of the molecule is CCn1c(-c2cccc(NC(=O)Oc3ccc(Br)cc3)c2)c(N)c2ccc(OC)cc21. The number of carbonyl (C=O) groups is 1. The molecule has 0 spiro atoms. The van der Waals surface area contributed by atoms with Crippen LogP contribution < -0.4 is 20.5 Å². The lowest BCUT2D eigenvalue weighted by Crippen LogP contribution is -2.16. The van der Waals surface area contributed by atoms with Crippen molar-refractivity contribution in [1.82, 2.24) is 4.57 Å². The van der Waals surface area contributed by atoms with E-state index in [0.717, 1.165) is 38.9 Å². The molecular formula is C24H22BrN3O3. The number of hydrogen-bond donors (Lipinski definition) is 2. The number of carbonyl (C=O) groups excluding carboxylic acids is 1. The van der Waals surface area contributed by atoms with Crippen LogP contribution in [0.4, 0.5) is 16.2 Å². The molecule has 31 heavy (non-hydrogen) atoms. The van der Waals surface area contributed by atoms with E-state index in [4.69, 9.17) is 15.2 Å². The number of hydrogen-bond acceptors (Lipinski definition) is 4. The van der Waals surface area contributed by atoms with Gasteiger partial charge in [-0.1, -0.05) is 28.1 Å². The maximum atomic E-state index is 12.3. The van der Waals surface area contributed by atoms with Gasteiger partial charge in [0.1, 0.15) is 11.5 Å². The topological polar surface area (TPSA) is 78.5 Å². The van der Waals surface area contributed by atoms with Crippen molar-refractivity contribution in [2.24, 2.45) is 0 Å². The van der Waals surface area contributed by atoms with Crippen LogP contribution in [-0.4, -0.2) is 17.8 Å². The van der Waals surface area contributed by atoms with E-state index in [0.29, 0.717) is 17.1 Å². The summed E-state index contributed by atoms with van der Waals surface area (Å²) in [6.45, 7) is 2.80. The van der Waals surface area contributed by atoms with E-state index in [-0.39, 0.29) is 0 Å². The number of rotatable bonds is 5. The number of methoxy groups -OCH3 is 1. The predicted molar refractivity (Wildman–Crippen MR) is 128 cm³/mol. The predicted octanol–water partition coefficient (Wildman–Crippen LogP) is 6.29. The molecule has 0 aliphatic rings. The number of anilines is 2. The fourth-order valence-corrected chi connectivity index (χ4v) is 3.88. The number of amides is 1. The first-order valence-corrected chi connectivity index (χ1v) is 10.6. The largest absolute Gasteiger partial charge is 0.497 e. The van der Waals surface area contributed by atoms with Crippen molar-refractivity contribution >= 4 is 44.3 Å². The molecule has 4 rings (SSSR count). The van der Waals surface area contributed by atoms with E-state index in [9.17, 15) is 4.79 Å². The molecule has 4 aromatic rings. The Balaban J connectivity index is 1.65. The summed E-state index contributed by atoms with van der Waals surface area (Å²) in [4.78, 5) is 12.3. The van der Waals surface area contributed by atoms with E-state index in [1.54, 1.807) is 19.2 Å². The Hall–Kier alpha value is -3.45. The molecule has 0 bridgehead atoms. The van der Waals surface area contributed by atoms with Crippen LogP contribution in [0.1, 0.15) is 6.92 Å². The standard InChI is InChI=1S/C24H22BrN3O3/c1-3-28-21-14-19(30-2)11-12-20(21)22(26)23(28)15-5-4-6-17(13-15)27-24(29)31-18-9-7-16(25)8-10-18/h4-14H,3,26H2,1-2H3,(H,27,29). The minimum Gasteiger partial charge on any atom is -0.497 e. The van der Waals surface area contributed by atoms with Gasteiger partial charge in [0, 0.05) is 33.7 Å². The normalized spacial score (nSPS) is 10.8. The number of ether oxygens (including phenoxy) is 2. The van der Waals surface area contributed by atoms with Crippen molar-refractivity contribution in [2.75, 3.05) is 18.2 Å². The van der Waals surface area contributed by atoms with Crippen LogP contribution in [0.25, 0.3) is 22.2 Å². The van der Waals surface area contributed by atoms with Crippen LogP contribution >= 0.6 is 15.9 Å². The molecule has 3 aromatic carbocycles. The van der Waals surface area contributed by atoms with E-state index in [1.165, 1.54) is 0 Å². The van der Waals surface area contributed by atoms with Gasteiger partial charge < -0.3 is 19.8 Å². The number of fused-ring (bicyclic) bond motifs is 1. The molecule has 0 aliphatic heterocycles. The number of benzene rings is 3. The van der Waals surface area contributed by atoms with Gasteiger partial charge >= 0.3 is 6.09 Å². The van der Waals surface area contributed by atoms with Crippen molar-refractivity contribution in [2.45, 2.75) is 13.5 Å². The number of aryl methyl sites for hydroxylation is 1. The average molecular weight is 480 g/mol. The second-order valence-electron chi connectivity index (χ2n) is 6.94. The number of nitrogens with zero attached hydrogens (tertiary/aromatic N) is 1. The minimum absolute atomic E-state index is 0.459. The van der Waals surface area contributed by atoms with Crippen molar-refractivity contribution in [1.29, 1.82) is 0 Å². The third-order valence-corrected chi connectivity index (χ3v) is 5.56. The Kier molecular flexibility index (Phi) is 5.86. The highest BCUT2D eigenvalue weighted by Gasteiger charge is 2.17. The zero-order chi connectivity index (χ0) is 22.0. The summed E-state index contributed by atoms with van der Waals surface area (Å²) in [5.74, 6) is 1.23. The highest BCUT2D eigenvalue weighted by atomic mass is 79.9. The van der Waals surface area contributed by atoms with Gasteiger partial charge in [-0.2, -0.15) is 0 Å². The molecule has 0 unspecified atom stereocenters. The van der Waals surface area contributed by atoms with Gasteiger partial charge in [0.05, 0.1) is 24.0 Å². The summed E-state index contributed by atoms with van der Waals surface area (Å²) < 4.78 is 13.8. The van der Waals surface area contributed by atoms with Crippen LogP contribution in [0.2, 0.25) is 0 Å². The summed E-state index contributed by atoms with van der Waals surface area (Å²) in [5.41, 5.74) is 10.6. The van der Waals surface area contributed by atoms with E-state index in [2.05, 4.69) is 32.7 Å². The van der Waals surface area contributed by atoms with Crippen LogP contribution in [0.5, 0.6) is 11.5 Å². The maximum absolute atomic E-state index is 12.3. The zero-order valence-electron chi connectivity index (χ0n) is 17.2. The highest BCUT2D eigenvalue weighted by molar-refractivity contribution is 9.10. The monoisotopic (exact) mass is 479 g/mol. The molecule has 158 valence electrons. The van der Waals surface area contributed by atoms with Crippen LogP contribution in [0.3, 0.4) is 0 Å². The molecular weight excluding hydrogens is 458 g/mol. The van der Waals surface area contributed by atoms with Crippen molar-refractivity contribution in [3.63, 3.8) is 0 Å². The van der Waals surface area contributed by atoms with Gasteiger partial charge in [-0.15, -0.1) is 0 Å². The second kappa shape index (κ2) is 8.73. The van der Waals surface area contributed by atoms with Crippen molar-refractivity contribution in [3.05, 3.63) is 71.2 Å². The first kappa shape index (κ1) is 20.8. The third-order valence-electron chi connectivity index (χ3n) is 5.03. The van der Waals surface area contributed by atoms with Crippen molar-refractivity contribution in [3.8, 4) is 22.8 Å². The maximum Gasteiger partial charge on any atom is 0.417 e. The number of nitrogens with two attached hydrogens (primary N) is 1. The molecule has 7 heteroatoms. The fourth-order valence-electron chi connectivity index (χ4n) is 3.62. The second-order valence-corrected chi connectivity index (χ2v) is 7.85. The number of nitrogens with one attached hydrogen (secondary N) is 1. The van der Waals surface area contributed by atoms with Crippen LogP contribution in [-0.2, 0) is 6.54 Å². The molecule has 1 amide bonds. The van der Waals surface area contributed by atoms with Crippen LogP contribution in [0, 0.1) is 0 Å². The first-order chi connectivity index (χ1) is 15.0. The average Bonchev–Trinajstić information content (AvgIpc) is 3.06. The molecule has 3 N–H and O–H groups in total. The molecule has 6 nitrogen and oxygen atoms in total.